The molecule has 1 heterocycles. The fourth-order valence-corrected chi connectivity index (χ4v) is 2.87. The number of ether oxygens (including phenoxy) is 1. The number of benzene rings is 1. The number of amides is 1. The first-order valence-electron chi connectivity index (χ1n) is 6.77. The lowest BCUT2D eigenvalue weighted by Crippen LogP contribution is -2.54. The molecule has 5 nitrogen and oxygen atoms in total. The number of hydrogen-bond donors (Lipinski definition) is 2. The van der Waals surface area contributed by atoms with Gasteiger partial charge in [0.25, 0.3) is 0 Å². The number of carbonyl (C=O) groups is 1. The van der Waals surface area contributed by atoms with Gasteiger partial charge in [-0.1, -0.05) is 15.9 Å². The van der Waals surface area contributed by atoms with Gasteiger partial charge < -0.3 is 20.7 Å². The Bertz CT molecular complexity index is 481. The molecule has 1 unspecified atom stereocenters. The summed E-state index contributed by atoms with van der Waals surface area (Å²) in [4.78, 5) is 14.2. The zero-order chi connectivity index (χ0) is 14.5. The van der Waals surface area contributed by atoms with Crippen LogP contribution in [0.15, 0.2) is 22.7 Å². The minimum absolute atomic E-state index is 0.00136. The summed E-state index contributed by atoms with van der Waals surface area (Å²) < 4.78 is 6.42. The van der Waals surface area contributed by atoms with Gasteiger partial charge >= 0.3 is 0 Å². The van der Waals surface area contributed by atoms with Gasteiger partial charge in [-0.2, -0.15) is 0 Å². The summed E-state index contributed by atoms with van der Waals surface area (Å²) >= 11 is 3.49. The standard InChI is InChI=1S/C14H20BrN3O2/c1-2-17-14(19)13-9-20-4-3-18(13)12-6-10(8-16)5-11(15)7-12/h5-7,13H,2-4,8-9,16H2,1H3,(H,17,19). The van der Waals surface area contributed by atoms with Crippen molar-refractivity contribution in [2.75, 3.05) is 31.2 Å². The van der Waals surface area contributed by atoms with Crippen LogP contribution in [0.1, 0.15) is 12.5 Å². The second-order valence-electron chi connectivity index (χ2n) is 4.70. The van der Waals surface area contributed by atoms with Crippen LogP contribution in [0, 0.1) is 0 Å². The Morgan fingerprint density at radius 1 is 1.55 bits per heavy atom. The molecule has 0 bridgehead atoms. The summed E-state index contributed by atoms with van der Waals surface area (Å²) in [5.74, 6) is 0.00136. The molecular weight excluding hydrogens is 322 g/mol. The molecule has 1 aromatic carbocycles. The largest absolute Gasteiger partial charge is 0.377 e. The molecule has 0 aliphatic carbocycles. The van der Waals surface area contributed by atoms with E-state index in [0.717, 1.165) is 15.7 Å². The van der Waals surface area contributed by atoms with E-state index in [-0.39, 0.29) is 11.9 Å². The smallest absolute Gasteiger partial charge is 0.245 e. The highest BCUT2D eigenvalue weighted by atomic mass is 79.9. The molecule has 1 fully saturated rings. The summed E-state index contributed by atoms with van der Waals surface area (Å²) in [7, 11) is 0. The number of rotatable bonds is 4. The Kier molecular flexibility index (Phi) is 5.39. The van der Waals surface area contributed by atoms with Crippen LogP contribution >= 0.6 is 15.9 Å². The van der Waals surface area contributed by atoms with Crippen molar-refractivity contribution in [3.05, 3.63) is 28.2 Å². The molecule has 1 atom stereocenters. The summed E-state index contributed by atoms with van der Waals surface area (Å²) in [6, 6.07) is 5.74. The summed E-state index contributed by atoms with van der Waals surface area (Å²) in [6.07, 6.45) is 0. The molecular formula is C14H20BrN3O2. The van der Waals surface area contributed by atoms with E-state index >= 15 is 0 Å². The van der Waals surface area contributed by atoms with Crippen molar-refractivity contribution < 1.29 is 9.53 Å². The molecule has 1 saturated heterocycles. The first kappa shape index (κ1) is 15.3. The molecule has 3 N–H and O–H groups in total. The number of nitrogens with one attached hydrogen (secondary N) is 1. The van der Waals surface area contributed by atoms with E-state index in [0.29, 0.717) is 32.8 Å². The summed E-state index contributed by atoms with van der Waals surface area (Å²) in [5, 5.41) is 2.86. The Morgan fingerprint density at radius 3 is 3.05 bits per heavy atom. The number of nitrogens with zero attached hydrogens (tertiary/aromatic N) is 1. The van der Waals surface area contributed by atoms with Crippen molar-refractivity contribution in [1.82, 2.24) is 5.32 Å². The lowest BCUT2D eigenvalue weighted by atomic mass is 10.1. The van der Waals surface area contributed by atoms with E-state index < -0.39 is 0 Å². The van der Waals surface area contributed by atoms with Gasteiger partial charge in [0.2, 0.25) is 5.91 Å². The molecule has 110 valence electrons. The maximum atomic E-state index is 12.2. The van der Waals surface area contributed by atoms with Crippen molar-refractivity contribution >= 4 is 27.5 Å². The van der Waals surface area contributed by atoms with Crippen molar-refractivity contribution in [1.29, 1.82) is 0 Å². The van der Waals surface area contributed by atoms with E-state index in [1.54, 1.807) is 0 Å². The highest BCUT2D eigenvalue weighted by Gasteiger charge is 2.29. The molecule has 0 aromatic heterocycles. The van der Waals surface area contributed by atoms with Gasteiger partial charge in [-0.3, -0.25) is 4.79 Å². The fourth-order valence-electron chi connectivity index (χ4n) is 2.34. The molecule has 1 aliphatic heterocycles. The first-order valence-corrected chi connectivity index (χ1v) is 7.56. The number of nitrogens with two attached hydrogens (primary N) is 1. The van der Waals surface area contributed by atoms with Crippen molar-refractivity contribution in [3.63, 3.8) is 0 Å². The molecule has 1 aliphatic rings. The van der Waals surface area contributed by atoms with Crippen LogP contribution in [-0.4, -0.2) is 38.3 Å². The van der Waals surface area contributed by atoms with Crippen LogP contribution in [0.5, 0.6) is 0 Å². The second kappa shape index (κ2) is 7.06. The second-order valence-corrected chi connectivity index (χ2v) is 5.62. The third-order valence-corrected chi connectivity index (χ3v) is 3.75. The van der Waals surface area contributed by atoms with Crippen LogP contribution in [0.4, 0.5) is 5.69 Å². The topological polar surface area (TPSA) is 67.6 Å². The monoisotopic (exact) mass is 341 g/mol. The predicted molar refractivity (Wildman–Crippen MR) is 82.7 cm³/mol. The Labute approximate surface area is 127 Å². The van der Waals surface area contributed by atoms with Crippen LogP contribution < -0.4 is 16.0 Å². The van der Waals surface area contributed by atoms with Crippen LogP contribution in [0.3, 0.4) is 0 Å². The number of carbonyl (C=O) groups excluding carboxylic acids is 1. The Hall–Kier alpha value is -1.11. The van der Waals surface area contributed by atoms with E-state index in [4.69, 9.17) is 10.5 Å². The number of hydrogen-bond acceptors (Lipinski definition) is 4. The number of anilines is 1. The van der Waals surface area contributed by atoms with Crippen LogP contribution in [0.2, 0.25) is 0 Å². The maximum absolute atomic E-state index is 12.2. The van der Waals surface area contributed by atoms with Crippen molar-refractivity contribution in [2.45, 2.75) is 19.5 Å². The number of morpholine rings is 1. The minimum atomic E-state index is -0.288. The van der Waals surface area contributed by atoms with Crippen molar-refractivity contribution in [2.24, 2.45) is 5.73 Å². The lowest BCUT2D eigenvalue weighted by Gasteiger charge is -2.36. The molecule has 20 heavy (non-hydrogen) atoms. The Morgan fingerprint density at radius 2 is 2.35 bits per heavy atom. The van der Waals surface area contributed by atoms with Gasteiger partial charge in [0.15, 0.2) is 0 Å². The fraction of sp³-hybridized carbons (Fsp3) is 0.500. The van der Waals surface area contributed by atoms with Gasteiger partial charge in [0, 0.05) is 29.8 Å². The van der Waals surface area contributed by atoms with E-state index in [1.165, 1.54) is 0 Å². The van der Waals surface area contributed by atoms with Gasteiger partial charge in [0.1, 0.15) is 6.04 Å². The van der Waals surface area contributed by atoms with Gasteiger partial charge in [-0.25, -0.2) is 0 Å². The zero-order valence-electron chi connectivity index (χ0n) is 11.6. The first-order chi connectivity index (χ1) is 9.65. The van der Waals surface area contributed by atoms with Crippen LogP contribution in [0.25, 0.3) is 0 Å². The third-order valence-electron chi connectivity index (χ3n) is 3.29. The maximum Gasteiger partial charge on any atom is 0.245 e. The van der Waals surface area contributed by atoms with E-state index in [1.807, 2.05) is 25.1 Å². The van der Waals surface area contributed by atoms with E-state index in [2.05, 4.69) is 26.1 Å². The summed E-state index contributed by atoms with van der Waals surface area (Å²) in [5.41, 5.74) is 7.75. The average molecular weight is 342 g/mol. The molecule has 6 heteroatoms. The van der Waals surface area contributed by atoms with Gasteiger partial charge in [-0.05, 0) is 30.7 Å². The highest BCUT2D eigenvalue weighted by Crippen LogP contribution is 2.26. The quantitative estimate of drug-likeness (QED) is 0.864. The van der Waals surface area contributed by atoms with E-state index in [9.17, 15) is 4.79 Å². The van der Waals surface area contributed by atoms with Gasteiger partial charge in [-0.15, -0.1) is 0 Å². The van der Waals surface area contributed by atoms with Gasteiger partial charge in [0.05, 0.1) is 13.2 Å². The third kappa shape index (κ3) is 3.50. The molecule has 0 saturated carbocycles. The molecule has 0 radical (unpaired) electrons. The Balaban J connectivity index is 2.27. The highest BCUT2D eigenvalue weighted by molar-refractivity contribution is 9.10. The number of likely N-dealkylation sites (N-methyl/N-ethyl adjacent to an activating group) is 1. The normalized spacial score (nSPS) is 18.9. The predicted octanol–water partition coefficient (Wildman–Crippen LogP) is 1.25. The molecule has 2 rings (SSSR count). The molecule has 1 aromatic rings. The minimum Gasteiger partial charge on any atom is -0.377 e. The van der Waals surface area contributed by atoms with Crippen LogP contribution in [-0.2, 0) is 16.1 Å². The average Bonchev–Trinajstić information content (AvgIpc) is 2.46. The van der Waals surface area contributed by atoms with Crippen molar-refractivity contribution in [3.8, 4) is 0 Å². The lowest BCUT2D eigenvalue weighted by molar-refractivity contribution is -0.124. The summed E-state index contributed by atoms with van der Waals surface area (Å²) in [6.45, 7) is 4.74. The zero-order valence-corrected chi connectivity index (χ0v) is 13.1. The molecule has 1 amide bonds. The molecule has 0 spiro atoms. The number of halogens is 1. The SMILES string of the molecule is CCNC(=O)C1COCCN1c1cc(Br)cc(CN)c1.